The van der Waals surface area contributed by atoms with Crippen molar-refractivity contribution in [3.05, 3.63) is 63.9 Å². The van der Waals surface area contributed by atoms with Crippen molar-refractivity contribution in [3.8, 4) is 0 Å². The fourth-order valence-corrected chi connectivity index (χ4v) is 3.38. The molecule has 0 amide bonds. The van der Waals surface area contributed by atoms with E-state index in [1.165, 1.54) is 12.1 Å². The predicted octanol–water partition coefficient (Wildman–Crippen LogP) is 4.79. The minimum absolute atomic E-state index is 0.169. The lowest BCUT2D eigenvalue weighted by atomic mass is 9.99. The van der Waals surface area contributed by atoms with E-state index in [9.17, 15) is 4.39 Å². The van der Waals surface area contributed by atoms with Crippen molar-refractivity contribution < 1.29 is 4.39 Å². The maximum Gasteiger partial charge on any atom is 0.123 e. The fraction of sp³-hybridized carbons (Fsp3) is 0.188. The molecule has 21 heavy (non-hydrogen) atoms. The number of aromatic nitrogens is 1. The van der Waals surface area contributed by atoms with Gasteiger partial charge < -0.3 is 5.32 Å². The average molecular weight is 321 g/mol. The molecule has 0 fully saturated rings. The number of thiophene rings is 1. The number of nitrogens with one attached hydrogen (secondary N) is 1. The van der Waals surface area contributed by atoms with E-state index in [1.54, 1.807) is 17.4 Å². The Kier molecular flexibility index (Phi) is 4.19. The van der Waals surface area contributed by atoms with Crippen LogP contribution < -0.4 is 5.32 Å². The van der Waals surface area contributed by atoms with Crippen LogP contribution in [-0.4, -0.2) is 11.5 Å². The molecule has 0 bridgehead atoms. The third-order valence-electron chi connectivity index (χ3n) is 3.33. The summed E-state index contributed by atoms with van der Waals surface area (Å²) < 4.78 is 14.7. The van der Waals surface area contributed by atoms with Crippen LogP contribution in [0, 0.1) is 5.82 Å². The molecule has 108 valence electrons. The average Bonchev–Trinajstić information content (AvgIpc) is 2.95. The summed E-state index contributed by atoms with van der Waals surface area (Å²) in [7, 11) is 0. The summed E-state index contributed by atoms with van der Waals surface area (Å²) in [6, 6.07) is 8.34. The molecular formula is C16H14ClFN2S. The van der Waals surface area contributed by atoms with E-state index < -0.39 is 0 Å². The van der Waals surface area contributed by atoms with Gasteiger partial charge in [-0.15, -0.1) is 11.3 Å². The van der Waals surface area contributed by atoms with Gasteiger partial charge in [0.2, 0.25) is 0 Å². The first-order valence-corrected chi connectivity index (χ1v) is 7.96. The Morgan fingerprint density at radius 2 is 2.19 bits per heavy atom. The van der Waals surface area contributed by atoms with E-state index in [0.717, 1.165) is 27.9 Å². The Morgan fingerprint density at radius 3 is 3.00 bits per heavy atom. The Labute approximate surface area is 131 Å². The molecule has 0 aliphatic carbocycles. The number of halogens is 2. The van der Waals surface area contributed by atoms with Crippen LogP contribution in [0.3, 0.4) is 0 Å². The molecule has 0 aliphatic heterocycles. The summed E-state index contributed by atoms with van der Waals surface area (Å²) in [6.07, 6.45) is 1.82. The first kappa shape index (κ1) is 14.4. The molecule has 0 saturated carbocycles. The van der Waals surface area contributed by atoms with Gasteiger partial charge in [-0.3, -0.25) is 4.98 Å². The summed E-state index contributed by atoms with van der Waals surface area (Å²) in [5.41, 5.74) is 2.69. The van der Waals surface area contributed by atoms with Crippen LogP contribution in [0.2, 0.25) is 5.02 Å². The zero-order valence-electron chi connectivity index (χ0n) is 11.4. The van der Waals surface area contributed by atoms with Gasteiger partial charge in [-0.05, 0) is 53.4 Å². The SMILES string of the molecule is CCNC(c1cnc2ccsc2c1)c1cc(F)ccc1Cl. The monoisotopic (exact) mass is 320 g/mol. The topological polar surface area (TPSA) is 24.9 Å². The molecule has 2 heterocycles. The predicted molar refractivity (Wildman–Crippen MR) is 86.5 cm³/mol. The van der Waals surface area contributed by atoms with Crippen LogP contribution in [-0.2, 0) is 0 Å². The second-order valence-corrected chi connectivity index (χ2v) is 6.08. The molecular weight excluding hydrogens is 307 g/mol. The molecule has 3 rings (SSSR count). The number of hydrogen-bond acceptors (Lipinski definition) is 3. The van der Waals surface area contributed by atoms with E-state index in [1.807, 2.05) is 24.6 Å². The third-order valence-corrected chi connectivity index (χ3v) is 4.53. The summed E-state index contributed by atoms with van der Waals surface area (Å²) in [4.78, 5) is 4.46. The number of rotatable bonds is 4. The molecule has 2 aromatic heterocycles. The van der Waals surface area contributed by atoms with Gasteiger partial charge in [-0.1, -0.05) is 18.5 Å². The fourth-order valence-electron chi connectivity index (χ4n) is 2.37. The van der Waals surface area contributed by atoms with Crippen LogP contribution >= 0.6 is 22.9 Å². The number of benzene rings is 1. The first-order chi connectivity index (χ1) is 10.2. The third kappa shape index (κ3) is 2.93. The Morgan fingerprint density at radius 1 is 1.33 bits per heavy atom. The number of fused-ring (bicyclic) bond motifs is 1. The molecule has 2 nitrogen and oxygen atoms in total. The standard InChI is InChI=1S/C16H14ClFN2S/c1-2-19-16(12-8-11(18)3-4-13(12)17)10-7-15-14(20-9-10)5-6-21-15/h3-9,16,19H,2H2,1H3. The number of pyridine rings is 1. The molecule has 1 unspecified atom stereocenters. The van der Waals surface area contributed by atoms with Gasteiger partial charge in [0.25, 0.3) is 0 Å². The quantitative estimate of drug-likeness (QED) is 0.747. The lowest BCUT2D eigenvalue weighted by Crippen LogP contribution is -2.22. The van der Waals surface area contributed by atoms with Crippen molar-refractivity contribution in [1.29, 1.82) is 0 Å². The van der Waals surface area contributed by atoms with E-state index in [4.69, 9.17) is 11.6 Å². The number of hydrogen-bond donors (Lipinski definition) is 1. The number of nitrogens with zero attached hydrogens (tertiary/aromatic N) is 1. The van der Waals surface area contributed by atoms with Crippen molar-refractivity contribution in [2.45, 2.75) is 13.0 Å². The van der Waals surface area contributed by atoms with E-state index in [-0.39, 0.29) is 11.9 Å². The van der Waals surface area contributed by atoms with Crippen LogP contribution in [0.1, 0.15) is 24.1 Å². The van der Waals surface area contributed by atoms with Gasteiger partial charge >= 0.3 is 0 Å². The normalized spacial score (nSPS) is 12.7. The van der Waals surface area contributed by atoms with Crippen LogP contribution in [0.4, 0.5) is 4.39 Å². The minimum Gasteiger partial charge on any atom is -0.306 e. The van der Waals surface area contributed by atoms with Crippen molar-refractivity contribution in [2.24, 2.45) is 0 Å². The zero-order chi connectivity index (χ0) is 14.8. The van der Waals surface area contributed by atoms with Gasteiger partial charge in [0, 0.05) is 11.2 Å². The first-order valence-electron chi connectivity index (χ1n) is 6.70. The summed E-state index contributed by atoms with van der Waals surface area (Å²) in [5.74, 6) is -0.289. The zero-order valence-corrected chi connectivity index (χ0v) is 13.0. The van der Waals surface area contributed by atoms with E-state index >= 15 is 0 Å². The van der Waals surface area contributed by atoms with E-state index in [0.29, 0.717) is 5.02 Å². The summed E-state index contributed by atoms with van der Waals surface area (Å²) in [5, 5.41) is 5.92. The molecule has 0 radical (unpaired) electrons. The van der Waals surface area contributed by atoms with Gasteiger partial charge in [-0.2, -0.15) is 0 Å². The molecule has 0 spiro atoms. The summed E-state index contributed by atoms with van der Waals surface area (Å²) >= 11 is 7.89. The highest BCUT2D eigenvalue weighted by Crippen LogP contribution is 2.31. The molecule has 1 atom stereocenters. The highest BCUT2D eigenvalue weighted by atomic mass is 35.5. The lowest BCUT2D eigenvalue weighted by molar-refractivity contribution is 0.603. The van der Waals surface area contributed by atoms with Crippen molar-refractivity contribution in [3.63, 3.8) is 0 Å². The Hall–Kier alpha value is -1.49. The minimum atomic E-state index is -0.289. The maximum atomic E-state index is 13.6. The molecule has 5 heteroatoms. The maximum absolute atomic E-state index is 13.6. The second-order valence-electron chi connectivity index (χ2n) is 4.73. The van der Waals surface area contributed by atoms with Crippen molar-refractivity contribution >= 4 is 33.2 Å². The van der Waals surface area contributed by atoms with Gasteiger partial charge in [-0.25, -0.2) is 4.39 Å². The highest BCUT2D eigenvalue weighted by molar-refractivity contribution is 7.17. The lowest BCUT2D eigenvalue weighted by Gasteiger charge is -2.20. The molecule has 3 aromatic rings. The van der Waals surface area contributed by atoms with Crippen LogP contribution in [0.15, 0.2) is 41.9 Å². The van der Waals surface area contributed by atoms with E-state index in [2.05, 4.69) is 16.4 Å². The van der Waals surface area contributed by atoms with Gasteiger partial charge in [0.15, 0.2) is 0 Å². The van der Waals surface area contributed by atoms with Gasteiger partial charge in [0.1, 0.15) is 5.82 Å². The highest BCUT2D eigenvalue weighted by Gasteiger charge is 2.18. The van der Waals surface area contributed by atoms with Crippen LogP contribution in [0.5, 0.6) is 0 Å². The molecule has 1 aromatic carbocycles. The second kappa shape index (κ2) is 6.10. The van der Waals surface area contributed by atoms with Crippen molar-refractivity contribution in [2.75, 3.05) is 6.54 Å². The molecule has 0 aliphatic rings. The van der Waals surface area contributed by atoms with Gasteiger partial charge in [0.05, 0.1) is 16.3 Å². The largest absolute Gasteiger partial charge is 0.306 e. The van der Waals surface area contributed by atoms with Crippen LogP contribution in [0.25, 0.3) is 10.2 Å². The Balaban J connectivity index is 2.09. The Bertz CT molecular complexity index is 772. The smallest absolute Gasteiger partial charge is 0.123 e. The summed E-state index contributed by atoms with van der Waals surface area (Å²) in [6.45, 7) is 2.76. The van der Waals surface area contributed by atoms with Crippen molar-refractivity contribution in [1.82, 2.24) is 10.3 Å². The molecule has 0 saturated heterocycles. The molecule has 1 N–H and O–H groups in total.